The van der Waals surface area contributed by atoms with E-state index >= 15 is 0 Å². The Bertz CT molecular complexity index is 626. The maximum Gasteiger partial charge on any atom is 0.453 e. The number of thioether (sulfide) groups is 1. The summed E-state index contributed by atoms with van der Waals surface area (Å²) in [6.45, 7) is 4.01. The molecule has 0 radical (unpaired) electrons. The highest BCUT2D eigenvalue weighted by Crippen LogP contribution is 2.30. The lowest BCUT2D eigenvalue weighted by molar-refractivity contribution is -0.146. The van der Waals surface area contributed by atoms with Gasteiger partial charge in [0.15, 0.2) is 5.65 Å². The molecule has 0 N–H and O–H groups in total. The lowest BCUT2D eigenvalue weighted by Crippen LogP contribution is -2.13. The predicted octanol–water partition coefficient (Wildman–Crippen LogP) is 2.50. The van der Waals surface area contributed by atoms with Crippen LogP contribution in [-0.4, -0.2) is 39.3 Å². The van der Waals surface area contributed by atoms with Crippen LogP contribution in [0.3, 0.4) is 0 Å². The maximum atomic E-state index is 12.8. The molecule has 110 valence electrons. The third-order valence-corrected chi connectivity index (χ3v) is 3.86. The molecular formula is C11H13F3N4OS. The summed E-state index contributed by atoms with van der Waals surface area (Å²) in [7, 11) is 1.57. The van der Waals surface area contributed by atoms with Crippen LogP contribution < -0.4 is 0 Å². The molecule has 0 aliphatic rings. The van der Waals surface area contributed by atoms with Crippen molar-refractivity contribution in [1.29, 1.82) is 0 Å². The Labute approximate surface area is 117 Å². The number of aryl methyl sites for hydroxylation is 1. The van der Waals surface area contributed by atoms with Crippen molar-refractivity contribution >= 4 is 17.4 Å². The second kappa shape index (κ2) is 5.57. The van der Waals surface area contributed by atoms with Gasteiger partial charge in [-0.15, -0.1) is 22.0 Å². The van der Waals surface area contributed by atoms with Crippen LogP contribution in [0.5, 0.6) is 0 Å². The molecule has 0 atom stereocenters. The summed E-state index contributed by atoms with van der Waals surface area (Å²) in [6, 6.07) is 0. The number of ether oxygens (including phenoxy) is 1. The van der Waals surface area contributed by atoms with E-state index in [9.17, 15) is 13.2 Å². The average molecular weight is 306 g/mol. The number of hydrogen-bond acceptors (Lipinski definition) is 5. The van der Waals surface area contributed by atoms with E-state index in [2.05, 4.69) is 15.3 Å². The molecule has 2 rings (SSSR count). The molecule has 0 bridgehead atoms. The molecule has 0 aliphatic carbocycles. The first-order valence-corrected chi connectivity index (χ1v) is 6.76. The molecule has 0 unspecified atom stereocenters. The van der Waals surface area contributed by atoms with E-state index in [1.165, 1.54) is 11.8 Å². The van der Waals surface area contributed by atoms with Crippen LogP contribution in [0.1, 0.15) is 17.0 Å². The zero-order chi connectivity index (χ0) is 14.9. The normalized spacial score (nSPS) is 12.3. The van der Waals surface area contributed by atoms with E-state index in [0.29, 0.717) is 22.9 Å². The molecule has 0 amide bonds. The summed E-state index contributed by atoms with van der Waals surface area (Å²) in [5.74, 6) is -0.497. The molecule has 2 heterocycles. The Kier molecular flexibility index (Phi) is 4.19. The van der Waals surface area contributed by atoms with E-state index in [4.69, 9.17) is 4.74 Å². The van der Waals surface area contributed by atoms with Crippen molar-refractivity contribution in [3.63, 3.8) is 0 Å². The van der Waals surface area contributed by atoms with E-state index in [-0.39, 0.29) is 5.65 Å². The first kappa shape index (κ1) is 15.0. The molecular weight excluding hydrogens is 293 g/mol. The molecule has 0 saturated carbocycles. The highest BCUT2D eigenvalue weighted by Gasteiger charge is 2.38. The van der Waals surface area contributed by atoms with Gasteiger partial charge < -0.3 is 4.74 Å². The summed E-state index contributed by atoms with van der Waals surface area (Å²) >= 11 is 1.34. The molecule has 0 saturated heterocycles. The first-order chi connectivity index (χ1) is 9.36. The van der Waals surface area contributed by atoms with E-state index in [1.807, 2.05) is 0 Å². The highest BCUT2D eigenvalue weighted by atomic mass is 32.2. The summed E-state index contributed by atoms with van der Waals surface area (Å²) in [6.07, 6.45) is -4.58. The summed E-state index contributed by atoms with van der Waals surface area (Å²) in [5, 5.41) is 11.3. The summed E-state index contributed by atoms with van der Waals surface area (Å²) < 4.78 is 44.2. The van der Waals surface area contributed by atoms with E-state index in [1.54, 1.807) is 21.0 Å². The molecule has 0 aromatic carbocycles. The predicted molar refractivity (Wildman–Crippen MR) is 67.9 cm³/mol. The van der Waals surface area contributed by atoms with Gasteiger partial charge in [-0.05, 0) is 19.4 Å². The van der Waals surface area contributed by atoms with Crippen molar-refractivity contribution in [3.05, 3.63) is 17.0 Å². The van der Waals surface area contributed by atoms with Crippen molar-refractivity contribution in [2.45, 2.75) is 25.0 Å². The first-order valence-electron chi connectivity index (χ1n) is 5.77. The summed E-state index contributed by atoms with van der Waals surface area (Å²) in [4.78, 5) is 0. The van der Waals surface area contributed by atoms with Gasteiger partial charge in [0.25, 0.3) is 5.82 Å². The van der Waals surface area contributed by atoms with Crippen LogP contribution in [0.25, 0.3) is 5.65 Å². The van der Waals surface area contributed by atoms with Gasteiger partial charge >= 0.3 is 6.18 Å². The number of halogens is 3. The molecule has 20 heavy (non-hydrogen) atoms. The SMILES string of the molecule is COCCSc1nn2c(C(F)(F)F)nnc2c(C)c1C. The zero-order valence-electron chi connectivity index (χ0n) is 11.2. The molecule has 2 aromatic rings. The third kappa shape index (κ3) is 2.73. The monoisotopic (exact) mass is 306 g/mol. The smallest absolute Gasteiger partial charge is 0.384 e. The number of alkyl halides is 3. The second-order valence-electron chi connectivity index (χ2n) is 4.15. The van der Waals surface area contributed by atoms with Crippen LogP contribution in [-0.2, 0) is 10.9 Å². The number of hydrogen-bond donors (Lipinski definition) is 0. The lowest BCUT2D eigenvalue weighted by atomic mass is 10.2. The van der Waals surface area contributed by atoms with Gasteiger partial charge in [-0.1, -0.05) is 0 Å². The quantitative estimate of drug-likeness (QED) is 0.642. The molecule has 2 aromatic heterocycles. The largest absolute Gasteiger partial charge is 0.453 e. The lowest BCUT2D eigenvalue weighted by Gasteiger charge is -2.10. The van der Waals surface area contributed by atoms with E-state index < -0.39 is 12.0 Å². The third-order valence-electron chi connectivity index (χ3n) is 2.83. The number of fused-ring (bicyclic) bond motifs is 1. The molecule has 0 spiro atoms. The fourth-order valence-electron chi connectivity index (χ4n) is 1.64. The standard InChI is InChI=1S/C11H13F3N4OS/c1-6-7(2)9(20-5-4-19-3)17-18-8(6)15-16-10(18)11(12,13)14/h4-5H2,1-3H3. The van der Waals surface area contributed by atoms with E-state index in [0.717, 1.165) is 10.1 Å². The molecule has 0 fully saturated rings. The van der Waals surface area contributed by atoms with Crippen LogP contribution in [0.2, 0.25) is 0 Å². The Balaban J connectivity index is 2.52. The van der Waals surface area contributed by atoms with Crippen molar-refractivity contribution in [3.8, 4) is 0 Å². The van der Waals surface area contributed by atoms with Crippen LogP contribution in [0, 0.1) is 13.8 Å². The van der Waals surface area contributed by atoms with Crippen molar-refractivity contribution in [2.75, 3.05) is 19.5 Å². The minimum atomic E-state index is -4.58. The van der Waals surface area contributed by atoms with Gasteiger partial charge in [0.05, 0.1) is 6.61 Å². The van der Waals surface area contributed by atoms with Gasteiger partial charge in [-0.3, -0.25) is 0 Å². The topological polar surface area (TPSA) is 52.3 Å². The second-order valence-corrected chi connectivity index (χ2v) is 5.24. The number of rotatable bonds is 4. The van der Waals surface area contributed by atoms with Crippen molar-refractivity contribution < 1.29 is 17.9 Å². The number of nitrogens with zero attached hydrogens (tertiary/aromatic N) is 4. The molecule has 5 nitrogen and oxygen atoms in total. The average Bonchev–Trinajstić information content (AvgIpc) is 2.79. The van der Waals surface area contributed by atoms with Crippen LogP contribution >= 0.6 is 11.8 Å². The van der Waals surface area contributed by atoms with Gasteiger partial charge in [0.2, 0.25) is 0 Å². The van der Waals surface area contributed by atoms with Crippen molar-refractivity contribution in [1.82, 2.24) is 19.8 Å². The Hall–Kier alpha value is -1.35. The molecule has 0 aliphatic heterocycles. The number of aromatic nitrogens is 4. The Morgan fingerprint density at radius 2 is 1.90 bits per heavy atom. The Morgan fingerprint density at radius 1 is 1.20 bits per heavy atom. The van der Waals surface area contributed by atoms with Gasteiger partial charge in [0.1, 0.15) is 5.03 Å². The minimum absolute atomic E-state index is 0.130. The zero-order valence-corrected chi connectivity index (χ0v) is 12.0. The van der Waals surface area contributed by atoms with Crippen LogP contribution in [0.15, 0.2) is 5.03 Å². The fourth-order valence-corrected chi connectivity index (χ4v) is 2.59. The molecule has 9 heteroatoms. The Morgan fingerprint density at radius 3 is 2.50 bits per heavy atom. The maximum absolute atomic E-state index is 12.8. The summed E-state index contributed by atoms with van der Waals surface area (Å²) in [5.41, 5.74) is 1.58. The van der Waals surface area contributed by atoms with Crippen LogP contribution in [0.4, 0.5) is 13.2 Å². The number of methoxy groups -OCH3 is 1. The van der Waals surface area contributed by atoms with Gasteiger partial charge in [-0.25, -0.2) is 0 Å². The highest BCUT2D eigenvalue weighted by molar-refractivity contribution is 7.99. The minimum Gasteiger partial charge on any atom is -0.384 e. The fraction of sp³-hybridized carbons (Fsp3) is 0.545. The van der Waals surface area contributed by atoms with Gasteiger partial charge in [-0.2, -0.15) is 22.8 Å². The van der Waals surface area contributed by atoms with Crippen molar-refractivity contribution in [2.24, 2.45) is 0 Å². The van der Waals surface area contributed by atoms with Gasteiger partial charge in [0, 0.05) is 18.4 Å².